The summed E-state index contributed by atoms with van der Waals surface area (Å²) in [6.45, 7) is 6.63. The molecule has 0 aliphatic heterocycles. The molecular formula is C65H120O6. The Hall–Kier alpha value is -2.37. The standard InChI is InChI=1S/C65H120O6/c1-4-7-10-13-16-19-21-23-24-25-26-27-28-29-30-31-32-33-34-35-36-37-38-39-40-42-43-46-49-52-55-58-64(67)70-61-62(60-69-63(66)57-54-51-48-45-18-15-12-9-6-3)71-65(68)59-56-53-50-47-44-41-22-20-17-14-11-8-5-2/h20-23,25-26,62H,4-19,24,27-61H2,1-3H3/b22-20-,23-21-,26-25-. The van der Waals surface area contributed by atoms with Crippen LogP contribution in [0.4, 0.5) is 0 Å². The van der Waals surface area contributed by atoms with Gasteiger partial charge in [0.2, 0.25) is 0 Å². The van der Waals surface area contributed by atoms with Crippen LogP contribution in [0, 0.1) is 0 Å². The zero-order valence-corrected chi connectivity index (χ0v) is 47.8. The van der Waals surface area contributed by atoms with Crippen LogP contribution in [0.15, 0.2) is 36.5 Å². The van der Waals surface area contributed by atoms with E-state index < -0.39 is 6.10 Å². The van der Waals surface area contributed by atoms with Crippen molar-refractivity contribution in [1.82, 2.24) is 0 Å². The first-order valence-electron chi connectivity index (χ1n) is 31.5. The molecule has 0 saturated carbocycles. The number of rotatable bonds is 58. The Kier molecular flexibility index (Phi) is 58.2. The van der Waals surface area contributed by atoms with Crippen molar-refractivity contribution in [2.24, 2.45) is 0 Å². The Bertz CT molecular complexity index is 1190. The molecule has 71 heavy (non-hydrogen) atoms. The van der Waals surface area contributed by atoms with Gasteiger partial charge in [0.25, 0.3) is 0 Å². The molecule has 416 valence electrons. The summed E-state index contributed by atoms with van der Waals surface area (Å²) in [6, 6.07) is 0. The molecule has 0 amide bonds. The zero-order valence-electron chi connectivity index (χ0n) is 47.8. The van der Waals surface area contributed by atoms with Crippen molar-refractivity contribution < 1.29 is 28.6 Å². The minimum absolute atomic E-state index is 0.0706. The third kappa shape index (κ3) is 58.4. The molecule has 0 aromatic heterocycles. The Morgan fingerprint density at radius 2 is 0.507 bits per heavy atom. The van der Waals surface area contributed by atoms with E-state index in [0.29, 0.717) is 19.3 Å². The second-order valence-corrected chi connectivity index (χ2v) is 21.3. The molecule has 1 atom stereocenters. The van der Waals surface area contributed by atoms with Crippen LogP contribution < -0.4 is 0 Å². The van der Waals surface area contributed by atoms with Crippen molar-refractivity contribution in [3.8, 4) is 0 Å². The van der Waals surface area contributed by atoms with Crippen LogP contribution in [-0.2, 0) is 28.6 Å². The van der Waals surface area contributed by atoms with Crippen LogP contribution in [0.3, 0.4) is 0 Å². The molecule has 6 nitrogen and oxygen atoms in total. The summed E-state index contributed by atoms with van der Waals surface area (Å²) in [7, 11) is 0. The van der Waals surface area contributed by atoms with Gasteiger partial charge in [-0.3, -0.25) is 14.4 Å². The minimum Gasteiger partial charge on any atom is -0.462 e. The molecule has 0 bridgehead atoms. The van der Waals surface area contributed by atoms with E-state index in [1.54, 1.807) is 0 Å². The lowest BCUT2D eigenvalue weighted by atomic mass is 10.0. The van der Waals surface area contributed by atoms with E-state index in [1.807, 2.05) is 0 Å². The maximum absolute atomic E-state index is 12.8. The van der Waals surface area contributed by atoms with E-state index in [-0.39, 0.29) is 31.1 Å². The van der Waals surface area contributed by atoms with E-state index in [1.165, 1.54) is 231 Å². The van der Waals surface area contributed by atoms with Gasteiger partial charge in [0, 0.05) is 19.3 Å². The first kappa shape index (κ1) is 68.6. The molecule has 0 aliphatic carbocycles. The second-order valence-electron chi connectivity index (χ2n) is 21.3. The smallest absolute Gasteiger partial charge is 0.306 e. The average Bonchev–Trinajstić information content (AvgIpc) is 3.37. The van der Waals surface area contributed by atoms with Crippen LogP contribution in [0.2, 0.25) is 0 Å². The highest BCUT2D eigenvalue weighted by Crippen LogP contribution is 2.17. The molecule has 0 radical (unpaired) electrons. The number of carbonyl (C=O) groups excluding carboxylic acids is 3. The van der Waals surface area contributed by atoms with E-state index >= 15 is 0 Å². The summed E-state index contributed by atoms with van der Waals surface area (Å²) in [4.78, 5) is 38.0. The number of allylic oxidation sites excluding steroid dienone is 6. The SMILES string of the molecule is CCCCCC/C=C\CCCCCCCC(=O)OC(COC(=O)CCCCCCCCCCC)COC(=O)CCCCCCCCCCCCCCCCCCCCC/C=C\C/C=C\CCCCCCC. The zero-order chi connectivity index (χ0) is 51.4. The highest BCUT2D eigenvalue weighted by atomic mass is 16.6. The van der Waals surface area contributed by atoms with Crippen LogP contribution in [0.25, 0.3) is 0 Å². The van der Waals surface area contributed by atoms with Crippen molar-refractivity contribution in [3.63, 3.8) is 0 Å². The van der Waals surface area contributed by atoms with Crippen molar-refractivity contribution in [3.05, 3.63) is 36.5 Å². The quantitative estimate of drug-likeness (QED) is 0.0261. The van der Waals surface area contributed by atoms with Gasteiger partial charge in [0.15, 0.2) is 6.10 Å². The Morgan fingerprint density at radius 1 is 0.282 bits per heavy atom. The van der Waals surface area contributed by atoms with Gasteiger partial charge in [-0.05, 0) is 77.0 Å². The van der Waals surface area contributed by atoms with Gasteiger partial charge in [-0.15, -0.1) is 0 Å². The Balaban J connectivity index is 4.02. The maximum atomic E-state index is 12.8. The Morgan fingerprint density at radius 3 is 0.803 bits per heavy atom. The van der Waals surface area contributed by atoms with Crippen molar-refractivity contribution in [2.45, 2.75) is 348 Å². The molecule has 0 spiro atoms. The predicted molar refractivity (Wildman–Crippen MR) is 307 cm³/mol. The second kappa shape index (κ2) is 60.2. The van der Waals surface area contributed by atoms with Crippen molar-refractivity contribution in [2.75, 3.05) is 13.2 Å². The number of carbonyl (C=O) groups is 3. The summed E-state index contributed by atoms with van der Waals surface area (Å²) in [5.41, 5.74) is 0. The van der Waals surface area contributed by atoms with Crippen LogP contribution >= 0.6 is 0 Å². The summed E-state index contributed by atoms with van der Waals surface area (Å²) in [5, 5.41) is 0. The van der Waals surface area contributed by atoms with Crippen LogP contribution in [0.5, 0.6) is 0 Å². The van der Waals surface area contributed by atoms with Gasteiger partial charge in [0.1, 0.15) is 13.2 Å². The summed E-state index contributed by atoms with van der Waals surface area (Å²) in [6.07, 6.45) is 73.2. The third-order valence-electron chi connectivity index (χ3n) is 14.1. The third-order valence-corrected chi connectivity index (χ3v) is 14.1. The maximum Gasteiger partial charge on any atom is 0.306 e. The summed E-state index contributed by atoms with van der Waals surface area (Å²) < 4.78 is 16.8. The molecule has 1 unspecified atom stereocenters. The molecule has 6 heteroatoms. The van der Waals surface area contributed by atoms with Crippen LogP contribution in [-0.4, -0.2) is 37.2 Å². The number of ether oxygens (including phenoxy) is 3. The van der Waals surface area contributed by atoms with E-state index in [4.69, 9.17) is 14.2 Å². The summed E-state index contributed by atoms with van der Waals surface area (Å²) >= 11 is 0. The van der Waals surface area contributed by atoms with Gasteiger partial charge < -0.3 is 14.2 Å². The first-order valence-corrected chi connectivity index (χ1v) is 31.5. The van der Waals surface area contributed by atoms with Gasteiger partial charge in [-0.25, -0.2) is 0 Å². The molecule has 0 aromatic rings. The lowest BCUT2D eigenvalue weighted by Gasteiger charge is -2.18. The van der Waals surface area contributed by atoms with Crippen molar-refractivity contribution in [1.29, 1.82) is 0 Å². The topological polar surface area (TPSA) is 78.9 Å². The van der Waals surface area contributed by atoms with E-state index in [0.717, 1.165) is 70.6 Å². The Labute approximate surface area is 442 Å². The lowest BCUT2D eigenvalue weighted by Crippen LogP contribution is -2.30. The molecule has 0 saturated heterocycles. The van der Waals surface area contributed by atoms with Crippen molar-refractivity contribution >= 4 is 17.9 Å². The number of esters is 3. The fourth-order valence-electron chi connectivity index (χ4n) is 9.35. The molecule has 0 N–H and O–H groups in total. The minimum atomic E-state index is -0.771. The first-order chi connectivity index (χ1) is 35.0. The molecule has 0 aliphatic rings. The number of hydrogen-bond donors (Lipinski definition) is 0. The fraction of sp³-hybridized carbons (Fsp3) is 0.862. The molecule has 0 fully saturated rings. The molecule has 0 rings (SSSR count). The fourth-order valence-corrected chi connectivity index (χ4v) is 9.35. The highest BCUT2D eigenvalue weighted by Gasteiger charge is 2.19. The predicted octanol–water partition coefficient (Wildman–Crippen LogP) is 21.2. The van der Waals surface area contributed by atoms with Gasteiger partial charge in [-0.2, -0.15) is 0 Å². The normalized spacial score (nSPS) is 12.2. The van der Waals surface area contributed by atoms with Gasteiger partial charge in [0.05, 0.1) is 0 Å². The summed E-state index contributed by atoms with van der Waals surface area (Å²) in [5.74, 6) is -0.864. The molecular weight excluding hydrogens is 877 g/mol. The number of unbranched alkanes of at least 4 members (excludes halogenated alkanes) is 41. The highest BCUT2D eigenvalue weighted by molar-refractivity contribution is 5.71. The van der Waals surface area contributed by atoms with Crippen LogP contribution in [0.1, 0.15) is 342 Å². The largest absolute Gasteiger partial charge is 0.462 e. The molecule has 0 heterocycles. The van der Waals surface area contributed by atoms with E-state index in [9.17, 15) is 14.4 Å². The van der Waals surface area contributed by atoms with Gasteiger partial charge >= 0.3 is 17.9 Å². The lowest BCUT2D eigenvalue weighted by molar-refractivity contribution is -0.167. The molecule has 0 aromatic carbocycles. The monoisotopic (exact) mass is 997 g/mol. The van der Waals surface area contributed by atoms with E-state index in [2.05, 4.69) is 57.2 Å². The average molecular weight is 998 g/mol. The number of hydrogen-bond acceptors (Lipinski definition) is 6. The van der Waals surface area contributed by atoms with Gasteiger partial charge in [-0.1, -0.05) is 282 Å².